The molecule has 1 aromatic carbocycles. The van der Waals surface area contributed by atoms with Gasteiger partial charge in [-0.1, -0.05) is 19.9 Å². The molecule has 0 saturated carbocycles. The maximum Gasteiger partial charge on any atom is 0.389 e. The van der Waals surface area contributed by atoms with Crippen molar-refractivity contribution >= 4 is 0 Å². The van der Waals surface area contributed by atoms with Crippen molar-refractivity contribution in [1.29, 1.82) is 0 Å². The zero-order chi connectivity index (χ0) is 15.9. The topological polar surface area (TPSA) is 21.3 Å². The van der Waals surface area contributed by atoms with Gasteiger partial charge in [0.25, 0.3) is 0 Å². The highest BCUT2D eigenvalue weighted by Crippen LogP contribution is 2.21. The van der Waals surface area contributed by atoms with Crippen molar-refractivity contribution in [2.45, 2.75) is 52.1 Å². The molecule has 1 aromatic rings. The maximum absolute atomic E-state index is 13.6. The van der Waals surface area contributed by atoms with Gasteiger partial charge in [-0.05, 0) is 24.1 Å². The van der Waals surface area contributed by atoms with E-state index in [2.05, 4.69) is 5.32 Å². The molecule has 0 amide bonds. The number of benzene rings is 1. The number of alkyl halides is 3. The predicted octanol–water partition coefficient (Wildman–Crippen LogP) is 4.18. The summed E-state index contributed by atoms with van der Waals surface area (Å²) in [6, 6.07) is 5.02. The van der Waals surface area contributed by atoms with Crippen molar-refractivity contribution < 1.29 is 22.3 Å². The maximum atomic E-state index is 13.6. The van der Waals surface area contributed by atoms with Crippen molar-refractivity contribution in [3.63, 3.8) is 0 Å². The molecule has 1 N–H and O–H groups in total. The van der Waals surface area contributed by atoms with Gasteiger partial charge in [0.15, 0.2) is 0 Å². The molecule has 21 heavy (non-hydrogen) atoms. The van der Waals surface area contributed by atoms with Crippen molar-refractivity contribution in [3.05, 3.63) is 35.1 Å². The summed E-state index contributed by atoms with van der Waals surface area (Å²) in [7, 11) is 0. The second-order valence-electron chi connectivity index (χ2n) is 5.23. The minimum absolute atomic E-state index is 0.0147. The lowest BCUT2D eigenvalue weighted by Gasteiger charge is -2.11. The van der Waals surface area contributed by atoms with Gasteiger partial charge in [0.2, 0.25) is 0 Å². The van der Waals surface area contributed by atoms with E-state index in [-0.39, 0.29) is 19.6 Å². The summed E-state index contributed by atoms with van der Waals surface area (Å²) in [4.78, 5) is 0. The van der Waals surface area contributed by atoms with E-state index in [1.54, 1.807) is 12.1 Å². The quantitative estimate of drug-likeness (QED) is 0.574. The molecule has 0 bridgehead atoms. The van der Waals surface area contributed by atoms with Crippen molar-refractivity contribution in [3.8, 4) is 0 Å². The highest BCUT2D eigenvalue weighted by atomic mass is 19.4. The van der Waals surface area contributed by atoms with Gasteiger partial charge in [-0.25, -0.2) is 4.39 Å². The second kappa shape index (κ2) is 8.34. The Morgan fingerprint density at radius 3 is 2.57 bits per heavy atom. The summed E-state index contributed by atoms with van der Waals surface area (Å²) >= 11 is 0. The van der Waals surface area contributed by atoms with Gasteiger partial charge < -0.3 is 10.1 Å². The van der Waals surface area contributed by atoms with Crippen LogP contribution in [0.1, 0.15) is 37.8 Å². The fourth-order valence-corrected chi connectivity index (χ4v) is 1.73. The van der Waals surface area contributed by atoms with Crippen molar-refractivity contribution in [1.82, 2.24) is 5.32 Å². The van der Waals surface area contributed by atoms with Crippen LogP contribution in [0.5, 0.6) is 0 Å². The Hall–Kier alpha value is -1.14. The third-order valence-electron chi connectivity index (χ3n) is 2.83. The van der Waals surface area contributed by atoms with Crippen LogP contribution in [-0.2, 0) is 17.9 Å². The fraction of sp³-hybridized carbons (Fsp3) is 0.600. The smallest absolute Gasteiger partial charge is 0.377 e. The van der Waals surface area contributed by atoms with Gasteiger partial charge in [0.05, 0.1) is 6.61 Å². The monoisotopic (exact) mass is 307 g/mol. The molecule has 0 saturated heterocycles. The largest absolute Gasteiger partial charge is 0.389 e. The lowest BCUT2D eigenvalue weighted by Crippen LogP contribution is -2.21. The predicted molar refractivity (Wildman–Crippen MR) is 73.3 cm³/mol. The van der Waals surface area contributed by atoms with E-state index in [4.69, 9.17) is 4.74 Å². The van der Waals surface area contributed by atoms with E-state index in [9.17, 15) is 17.6 Å². The standard InChI is InChI=1S/C15H21F4NO/c1-11(2)20-9-12-4-5-14(16)13(8-12)10-21-7-3-6-15(17,18)19/h4-5,8,11,20H,3,6-7,9-10H2,1-2H3. The minimum Gasteiger partial charge on any atom is -0.377 e. The van der Waals surface area contributed by atoms with E-state index in [1.165, 1.54) is 6.07 Å². The second-order valence-corrected chi connectivity index (χ2v) is 5.23. The van der Waals surface area contributed by atoms with Crippen LogP contribution in [0, 0.1) is 5.82 Å². The molecule has 0 radical (unpaired) electrons. The Bertz CT molecular complexity index is 432. The van der Waals surface area contributed by atoms with Crippen molar-refractivity contribution in [2.24, 2.45) is 0 Å². The zero-order valence-electron chi connectivity index (χ0n) is 12.3. The molecule has 2 nitrogen and oxygen atoms in total. The Morgan fingerprint density at radius 2 is 1.95 bits per heavy atom. The summed E-state index contributed by atoms with van der Waals surface area (Å²) in [6.45, 7) is 4.58. The number of nitrogens with one attached hydrogen (secondary N) is 1. The Morgan fingerprint density at radius 1 is 1.24 bits per heavy atom. The SMILES string of the molecule is CC(C)NCc1ccc(F)c(COCCCC(F)(F)F)c1. The number of hydrogen-bond donors (Lipinski definition) is 1. The van der Waals surface area contributed by atoms with Crippen LogP contribution >= 0.6 is 0 Å². The molecule has 1 rings (SSSR count). The summed E-state index contributed by atoms with van der Waals surface area (Å²) in [5.74, 6) is -0.404. The molecule has 0 spiro atoms. The molecule has 0 unspecified atom stereocenters. The first-order valence-electron chi connectivity index (χ1n) is 6.93. The Labute approximate surface area is 122 Å². The summed E-state index contributed by atoms with van der Waals surface area (Å²) in [5.41, 5.74) is 1.28. The summed E-state index contributed by atoms with van der Waals surface area (Å²) in [5, 5.41) is 3.21. The lowest BCUT2D eigenvalue weighted by atomic mass is 10.1. The molecule has 120 valence electrons. The molecular formula is C15H21F4NO. The zero-order valence-corrected chi connectivity index (χ0v) is 12.3. The Kier molecular flexibility index (Phi) is 7.11. The molecule has 0 aliphatic rings. The molecule has 0 fully saturated rings. The average Bonchev–Trinajstić information content (AvgIpc) is 2.37. The number of ether oxygens (including phenoxy) is 1. The van der Waals surface area contributed by atoms with Crippen LogP contribution < -0.4 is 5.32 Å². The van der Waals surface area contributed by atoms with E-state index in [0.29, 0.717) is 18.2 Å². The highest BCUT2D eigenvalue weighted by molar-refractivity contribution is 5.24. The fourth-order valence-electron chi connectivity index (χ4n) is 1.73. The normalized spacial score (nSPS) is 12.1. The van der Waals surface area contributed by atoms with Gasteiger partial charge in [0.1, 0.15) is 5.82 Å². The molecular weight excluding hydrogens is 286 g/mol. The van der Waals surface area contributed by atoms with Gasteiger partial charge in [0, 0.05) is 31.2 Å². The van der Waals surface area contributed by atoms with Crippen LogP contribution in [-0.4, -0.2) is 18.8 Å². The van der Waals surface area contributed by atoms with Crippen LogP contribution in [0.25, 0.3) is 0 Å². The van der Waals surface area contributed by atoms with Crippen LogP contribution in [0.3, 0.4) is 0 Å². The van der Waals surface area contributed by atoms with Crippen LogP contribution in [0.2, 0.25) is 0 Å². The first kappa shape index (κ1) is 17.9. The lowest BCUT2D eigenvalue weighted by molar-refractivity contribution is -0.138. The van der Waals surface area contributed by atoms with Crippen LogP contribution in [0.4, 0.5) is 17.6 Å². The number of hydrogen-bond acceptors (Lipinski definition) is 2. The van der Waals surface area contributed by atoms with Gasteiger partial charge in [-0.3, -0.25) is 0 Å². The van der Waals surface area contributed by atoms with Crippen LogP contribution in [0.15, 0.2) is 18.2 Å². The highest BCUT2D eigenvalue weighted by Gasteiger charge is 2.25. The molecule has 0 atom stereocenters. The number of halogens is 4. The molecule has 0 aliphatic carbocycles. The van der Waals surface area contributed by atoms with E-state index in [0.717, 1.165) is 5.56 Å². The molecule has 0 aromatic heterocycles. The molecule has 0 heterocycles. The first-order chi connectivity index (χ1) is 9.78. The van der Waals surface area contributed by atoms with Gasteiger partial charge >= 0.3 is 6.18 Å². The summed E-state index contributed by atoms with van der Waals surface area (Å²) in [6.07, 6.45) is -5.16. The van der Waals surface area contributed by atoms with Gasteiger partial charge in [-0.2, -0.15) is 13.2 Å². The van der Waals surface area contributed by atoms with E-state index in [1.807, 2.05) is 13.8 Å². The first-order valence-corrected chi connectivity index (χ1v) is 6.93. The van der Waals surface area contributed by atoms with E-state index >= 15 is 0 Å². The average molecular weight is 307 g/mol. The van der Waals surface area contributed by atoms with Gasteiger partial charge in [-0.15, -0.1) is 0 Å². The molecule has 0 aliphatic heterocycles. The van der Waals surface area contributed by atoms with E-state index < -0.39 is 18.4 Å². The third kappa shape index (κ3) is 8.02. The van der Waals surface area contributed by atoms with Crippen molar-refractivity contribution in [2.75, 3.05) is 6.61 Å². The molecule has 6 heteroatoms. The Balaban J connectivity index is 2.41. The minimum atomic E-state index is -4.17. The summed E-state index contributed by atoms with van der Waals surface area (Å²) < 4.78 is 54.6. The third-order valence-corrected chi connectivity index (χ3v) is 2.83. The number of rotatable bonds is 8.